The molecule has 8 aromatic carbocycles. The molecule has 1 unspecified atom stereocenters. The van der Waals surface area contributed by atoms with E-state index in [1.54, 1.807) is 0 Å². The van der Waals surface area contributed by atoms with Gasteiger partial charge in [0.25, 0.3) is 0 Å². The van der Waals surface area contributed by atoms with Crippen molar-refractivity contribution in [1.29, 1.82) is 0 Å². The summed E-state index contributed by atoms with van der Waals surface area (Å²) in [5.41, 5.74) is 8.40. The summed E-state index contributed by atoms with van der Waals surface area (Å²) in [6.45, 7) is 0. The Balaban J connectivity index is 1.15. The van der Waals surface area contributed by atoms with Crippen LogP contribution in [0.5, 0.6) is 0 Å². The van der Waals surface area contributed by atoms with Crippen molar-refractivity contribution in [3.63, 3.8) is 0 Å². The Kier molecular flexibility index (Phi) is 6.25. The number of nitrogens with zero attached hydrogens (tertiary/aromatic N) is 2. The van der Waals surface area contributed by atoms with Crippen LogP contribution in [-0.4, -0.2) is 11.7 Å². The molecule has 0 saturated carbocycles. The van der Waals surface area contributed by atoms with E-state index in [0.717, 1.165) is 77.5 Å². The molecule has 0 bridgehead atoms. The van der Waals surface area contributed by atoms with Crippen LogP contribution in [0.2, 0.25) is 0 Å². The van der Waals surface area contributed by atoms with E-state index in [9.17, 15) is 0 Å². The predicted octanol–water partition coefficient (Wildman–Crippen LogP) is 12.0. The number of fused-ring (bicyclic) bond motifs is 9. The molecule has 10 aromatic rings. The molecule has 0 amide bonds. The standard InChI is InChI=1S/C47H29N3O2/c1-2-11-30(12-3-1)45-48-46(32-21-20-29-19-18-28-10-4-5-13-34(28)37(29)25-32)50-47(49-45)39-26-33(27-43-44(39)36-15-7-9-17-41(36)52-43)31-22-23-42-38(24-31)35-14-6-8-16-40(35)51-42/h1-27,46H,(H,48,49,50). The summed E-state index contributed by atoms with van der Waals surface area (Å²) in [5.74, 6) is 1.42. The Bertz CT molecular complexity index is 3110. The largest absolute Gasteiger partial charge is 0.456 e. The molecule has 1 aliphatic rings. The van der Waals surface area contributed by atoms with Gasteiger partial charge >= 0.3 is 0 Å². The number of hydrogen-bond acceptors (Lipinski definition) is 5. The summed E-state index contributed by atoms with van der Waals surface area (Å²) in [5, 5.41) is 12.7. The third-order valence-corrected chi connectivity index (χ3v) is 10.3. The number of hydrogen-bond donors (Lipinski definition) is 1. The van der Waals surface area contributed by atoms with Crippen molar-refractivity contribution in [2.24, 2.45) is 9.98 Å². The molecule has 5 nitrogen and oxygen atoms in total. The maximum absolute atomic E-state index is 6.56. The first-order valence-corrected chi connectivity index (χ1v) is 17.5. The number of rotatable bonds is 4. The molecule has 5 heteroatoms. The molecule has 0 saturated heterocycles. The fourth-order valence-corrected chi connectivity index (χ4v) is 7.78. The highest BCUT2D eigenvalue weighted by Gasteiger charge is 2.25. The normalized spacial score (nSPS) is 14.7. The lowest BCUT2D eigenvalue weighted by Crippen LogP contribution is -2.33. The average Bonchev–Trinajstić information content (AvgIpc) is 3.78. The van der Waals surface area contributed by atoms with Crippen molar-refractivity contribution in [2.45, 2.75) is 6.17 Å². The average molecular weight is 668 g/mol. The number of nitrogens with one attached hydrogen (secondary N) is 1. The first-order valence-electron chi connectivity index (χ1n) is 17.5. The van der Waals surface area contributed by atoms with E-state index in [1.807, 2.05) is 42.5 Å². The second-order valence-electron chi connectivity index (χ2n) is 13.4. The van der Waals surface area contributed by atoms with Crippen LogP contribution >= 0.6 is 0 Å². The molecule has 1 N–H and O–H groups in total. The van der Waals surface area contributed by atoms with Crippen LogP contribution in [0.25, 0.3) is 76.5 Å². The van der Waals surface area contributed by atoms with Crippen molar-refractivity contribution in [3.8, 4) is 11.1 Å². The van der Waals surface area contributed by atoms with E-state index in [1.165, 1.54) is 21.5 Å². The Hall–Kier alpha value is -6.98. The molecule has 0 fully saturated rings. The van der Waals surface area contributed by atoms with Gasteiger partial charge in [-0.15, -0.1) is 0 Å². The summed E-state index contributed by atoms with van der Waals surface area (Å²) in [6, 6.07) is 57.0. The third-order valence-electron chi connectivity index (χ3n) is 10.3. The number of amidine groups is 2. The van der Waals surface area contributed by atoms with E-state index in [0.29, 0.717) is 5.84 Å². The van der Waals surface area contributed by atoms with E-state index < -0.39 is 0 Å². The number of furan rings is 2. The summed E-state index contributed by atoms with van der Waals surface area (Å²) >= 11 is 0. The van der Waals surface area contributed by atoms with Crippen LogP contribution < -0.4 is 5.32 Å². The van der Waals surface area contributed by atoms with Gasteiger partial charge in [-0.25, -0.2) is 9.98 Å². The molecule has 0 radical (unpaired) electrons. The first kappa shape index (κ1) is 28.8. The maximum Gasteiger partial charge on any atom is 0.160 e. The van der Waals surface area contributed by atoms with Gasteiger partial charge in [0.05, 0.1) is 0 Å². The van der Waals surface area contributed by atoms with E-state index in [-0.39, 0.29) is 6.17 Å². The Morgan fingerprint density at radius 2 is 1.12 bits per heavy atom. The monoisotopic (exact) mass is 667 g/mol. The molecule has 0 aliphatic carbocycles. The minimum atomic E-state index is -0.378. The summed E-state index contributed by atoms with van der Waals surface area (Å²) < 4.78 is 12.7. The zero-order chi connectivity index (χ0) is 34.2. The summed E-state index contributed by atoms with van der Waals surface area (Å²) in [6.07, 6.45) is -0.378. The van der Waals surface area contributed by atoms with Gasteiger partial charge < -0.3 is 14.2 Å². The Morgan fingerprint density at radius 3 is 1.98 bits per heavy atom. The van der Waals surface area contributed by atoms with Crippen molar-refractivity contribution in [1.82, 2.24) is 5.32 Å². The molecular weight excluding hydrogens is 639 g/mol. The van der Waals surface area contributed by atoms with Crippen molar-refractivity contribution < 1.29 is 8.83 Å². The molecule has 1 atom stereocenters. The van der Waals surface area contributed by atoms with E-state index in [4.69, 9.17) is 18.8 Å². The maximum atomic E-state index is 6.56. The van der Waals surface area contributed by atoms with Crippen LogP contribution in [0.3, 0.4) is 0 Å². The zero-order valence-electron chi connectivity index (χ0n) is 27.9. The number of aliphatic imine (C=N–C) groups is 2. The van der Waals surface area contributed by atoms with Crippen LogP contribution in [0, 0.1) is 0 Å². The Morgan fingerprint density at radius 1 is 0.442 bits per heavy atom. The van der Waals surface area contributed by atoms with Gasteiger partial charge in [0.2, 0.25) is 0 Å². The SMILES string of the molecule is c1ccc(C2=NC(c3cc(-c4ccc5oc6ccccc6c5c4)cc4oc5ccccc5c34)=NC(c3ccc4ccc5ccccc5c4c3)N2)cc1. The van der Waals surface area contributed by atoms with Crippen molar-refractivity contribution in [3.05, 3.63) is 180 Å². The second kappa shape index (κ2) is 11.3. The quantitative estimate of drug-likeness (QED) is 0.190. The molecular formula is C47H29N3O2. The lowest BCUT2D eigenvalue weighted by atomic mass is 9.96. The molecule has 11 rings (SSSR count). The van der Waals surface area contributed by atoms with Crippen LogP contribution in [0.15, 0.2) is 183 Å². The first-order chi connectivity index (χ1) is 25.7. The number of benzene rings is 8. The molecule has 52 heavy (non-hydrogen) atoms. The van der Waals surface area contributed by atoms with Crippen molar-refractivity contribution in [2.75, 3.05) is 0 Å². The lowest BCUT2D eigenvalue weighted by molar-refractivity contribution is 0.668. The van der Waals surface area contributed by atoms with Crippen molar-refractivity contribution >= 4 is 77.1 Å². The van der Waals surface area contributed by atoms with Crippen LogP contribution in [-0.2, 0) is 0 Å². The second-order valence-corrected chi connectivity index (χ2v) is 13.4. The third kappa shape index (κ3) is 4.56. The minimum Gasteiger partial charge on any atom is -0.456 e. The minimum absolute atomic E-state index is 0.378. The summed E-state index contributed by atoms with van der Waals surface area (Å²) in [7, 11) is 0. The van der Waals surface area contributed by atoms with E-state index in [2.05, 4.69) is 127 Å². The van der Waals surface area contributed by atoms with Gasteiger partial charge in [-0.05, 0) is 80.7 Å². The van der Waals surface area contributed by atoms with Gasteiger partial charge in [-0.2, -0.15) is 0 Å². The van der Waals surface area contributed by atoms with E-state index >= 15 is 0 Å². The van der Waals surface area contributed by atoms with Gasteiger partial charge in [0, 0.05) is 32.7 Å². The lowest BCUT2D eigenvalue weighted by Gasteiger charge is -2.24. The summed E-state index contributed by atoms with van der Waals surface area (Å²) in [4.78, 5) is 10.7. The highest BCUT2D eigenvalue weighted by atomic mass is 16.3. The number of para-hydroxylation sites is 2. The van der Waals surface area contributed by atoms with Gasteiger partial charge in [-0.1, -0.05) is 121 Å². The van der Waals surface area contributed by atoms with Gasteiger partial charge in [0.1, 0.15) is 34.3 Å². The smallest absolute Gasteiger partial charge is 0.160 e. The van der Waals surface area contributed by atoms with Crippen LogP contribution in [0.1, 0.15) is 22.9 Å². The fourth-order valence-electron chi connectivity index (χ4n) is 7.78. The fraction of sp³-hybridized carbons (Fsp3) is 0.0213. The van der Waals surface area contributed by atoms with Gasteiger partial charge in [-0.3, -0.25) is 0 Å². The predicted molar refractivity (Wildman–Crippen MR) is 213 cm³/mol. The molecule has 244 valence electrons. The topological polar surface area (TPSA) is 63.0 Å². The molecule has 3 heterocycles. The molecule has 2 aromatic heterocycles. The zero-order valence-corrected chi connectivity index (χ0v) is 27.9. The molecule has 1 aliphatic heterocycles. The van der Waals surface area contributed by atoms with Gasteiger partial charge in [0.15, 0.2) is 5.84 Å². The highest BCUT2D eigenvalue weighted by molar-refractivity contribution is 6.23. The highest BCUT2D eigenvalue weighted by Crippen LogP contribution is 2.39. The van der Waals surface area contributed by atoms with Crippen LogP contribution in [0.4, 0.5) is 0 Å². The molecule has 0 spiro atoms. The Labute approximate surface area is 298 Å².